The minimum Gasteiger partial charge on any atom is -0.450 e. The SMILES string of the molecule is CSc1ccc(C2c3c(oc4ccc(Cl)cc4c3=O)C(=O)N2c2cccc(Cl)c2)cc1. The summed E-state index contributed by atoms with van der Waals surface area (Å²) in [6, 6.07) is 19.0. The second-order valence-electron chi connectivity index (χ2n) is 7.15. The molecule has 1 aliphatic rings. The molecular weight excluding hydrogens is 453 g/mol. The third-order valence-corrected chi connectivity index (χ3v) is 6.56. The number of amides is 1. The first-order valence-electron chi connectivity index (χ1n) is 9.47. The first-order valence-corrected chi connectivity index (χ1v) is 11.5. The van der Waals surface area contributed by atoms with Crippen LogP contribution in [0.25, 0.3) is 11.0 Å². The van der Waals surface area contributed by atoms with E-state index in [0.29, 0.717) is 32.3 Å². The summed E-state index contributed by atoms with van der Waals surface area (Å²) in [7, 11) is 0. The lowest BCUT2D eigenvalue weighted by molar-refractivity contribution is 0.0971. The Kier molecular flexibility index (Phi) is 5.05. The summed E-state index contributed by atoms with van der Waals surface area (Å²) in [5.74, 6) is -0.344. The lowest BCUT2D eigenvalue weighted by Crippen LogP contribution is -2.29. The number of hydrogen-bond donors (Lipinski definition) is 0. The van der Waals surface area contributed by atoms with E-state index in [2.05, 4.69) is 0 Å². The highest BCUT2D eigenvalue weighted by molar-refractivity contribution is 7.98. The van der Waals surface area contributed by atoms with Gasteiger partial charge >= 0.3 is 0 Å². The highest BCUT2D eigenvalue weighted by Gasteiger charge is 2.43. The van der Waals surface area contributed by atoms with Crippen molar-refractivity contribution >= 4 is 57.5 Å². The van der Waals surface area contributed by atoms with Gasteiger partial charge in [-0.2, -0.15) is 0 Å². The Bertz CT molecular complexity index is 1400. The van der Waals surface area contributed by atoms with Gasteiger partial charge in [0.05, 0.1) is 17.0 Å². The second-order valence-corrected chi connectivity index (χ2v) is 8.90. The third kappa shape index (κ3) is 3.33. The number of rotatable bonds is 3. The molecule has 0 aliphatic carbocycles. The fourth-order valence-corrected chi connectivity index (χ4v) is 4.70. The average molecular weight is 468 g/mol. The third-order valence-electron chi connectivity index (χ3n) is 5.35. The van der Waals surface area contributed by atoms with Crippen molar-refractivity contribution < 1.29 is 9.21 Å². The van der Waals surface area contributed by atoms with Crippen LogP contribution in [0.3, 0.4) is 0 Å². The Morgan fingerprint density at radius 2 is 1.68 bits per heavy atom. The molecule has 31 heavy (non-hydrogen) atoms. The molecular formula is C24H15Cl2NO3S. The van der Waals surface area contributed by atoms with Gasteiger partial charge in [-0.05, 0) is 60.4 Å². The van der Waals surface area contributed by atoms with Gasteiger partial charge in [0.15, 0.2) is 5.43 Å². The maximum atomic E-state index is 13.5. The van der Waals surface area contributed by atoms with Crippen LogP contribution in [0.4, 0.5) is 5.69 Å². The fourth-order valence-electron chi connectivity index (χ4n) is 3.94. The summed E-state index contributed by atoms with van der Waals surface area (Å²) < 4.78 is 5.94. The molecule has 0 radical (unpaired) electrons. The lowest BCUT2D eigenvalue weighted by Gasteiger charge is -2.25. The van der Waals surface area contributed by atoms with Crippen molar-refractivity contribution in [3.8, 4) is 0 Å². The number of thioether (sulfide) groups is 1. The molecule has 4 aromatic rings. The van der Waals surface area contributed by atoms with E-state index >= 15 is 0 Å². The van der Waals surface area contributed by atoms with Crippen LogP contribution in [0.2, 0.25) is 10.0 Å². The number of carbonyl (C=O) groups excluding carboxylic acids is 1. The molecule has 0 bridgehead atoms. The Hall–Kier alpha value is -2.73. The molecule has 1 amide bonds. The molecule has 2 heterocycles. The van der Waals surface area contributed by atoms with Crippen LogP contribution >= 0.6 is 35.0 Å². The minimum atomic E-state index is -0.642. The van der Waals surface area contributed by atoms with Gasteiger partial charge in [-0.1, -0.05) is 41.4 Å². The summed E-state index contributed by atoms with van der Waals surface area (Å²) in [5.41, 5.74) is 1.75. The molecule has 1 atom stereocenters. The molecule has 5 rings (SSSR count). The number of anilines is 1. The van der Waals surface area contributed by atoms with Crippen LogP contribution in [0.5, 0.6) is 0 Å². The minimum absolute atomic E-state index is 0.0405. The largest absolute Gasteiger partial charge is 0.450 e. The molecule has 154 valence electrons. The van der Waals surface area contributed by atoms with E-state index in [1.165, 1.54) is 0 Å². The van der Waals surface area contributed by atoms with Crippen LogP contribution in [0.15, 0.2) is 80.8 Å². The Labute approximate surface area is 192 Å². The van der Waals surface area contributed by atoms with Crippen molar-refractivity contribution in [2.24, 2.45) is 0 Å². The number of hydrogen-bond acceptors (Lipinski definition) is 4. The molecule has 0 saturated carbocycles. The zero-order chi connectivity index (χ0) is 21.7. The van der Waals surface area contributed by atoms with Crippen molar-refractivity contribution in [1.82, 2.24) is 0 Å². The van der Waals surface area contributed by atoms with Gasteiger partial charge in [0, 0.05) is 20.6 Å². The number of benzene rings is 3. The van der Waals surface area contributed by atoms with E-state index in [0.717, 1.165) is 10.5 Å². The van der Waals surface area contributed by atoms with Crippen molar-refractivity contribution in [3.63, 3.8) is 0 Å². The highest BCUT2D eigenvalue weighted by atomic mass is 35.5. The van der Waals surface area contributed by atoms with E-state index in [1.54, 1.807) is 59.1 Å². The van der Waals surface area contributed by atoms with Gasteiger partial charge in [-0.15, -0.1) is 11.8 Å². The van der Waals surface area contributed by atoms with E-state index in [1.807, 2.05) is 30.5 Å². The van der Waals surface area contributed by atoms with Gasteiger partial charge in [0.25, 0.3) is 5.91 Å². The Morgan fingerprint density at radius 3 is 2.39 bits per heavy atom. The van der Waals surface area contributed by atoms with E-state index in [4.69, 9.17) is 27.6 Å². The topological polar surface area (TPSA) is 50.5 Å². The van der Waals surface area contributed by atoms with Gasteiger partial charge in [-0.25, -0.2) is 0 Å². The van der Waals surface area contributed by atoms with Gasteiger partial charge in [0.1, 0.15) is 5.58 Å². The van der Waals surface area contributed by atoms with Gasteiger partial charge < -0.3 is 4.42 Å². The monoisotopic (exact) mass is 467 g/mol. The predicted molar refractivity (Wildman–Crippen MR) is 126 cm³/mol. The molecule has 0 N–H and O–H groups in total. The highest BCUT2D eigenvalue weighted by Crippen LogP contribution is 2.42. The lowest BCUT2D eigenvalue weighted by atomic mass is 9.98. The average Bonchev–Trinajstić information content (AvgIpc) is 3.07. The number of carbonyl (C=O) groups is 1. The summed E-state index contributed by atoms with van der Waals surface area (Å²) in [6.45, 7) is 0. The van der Waals surface area contributed by atoms with Crippen molar-refractivity contribution in [2.45, 2.75) is 10.9 Å². The molecule has 1 aromatic heterocycles. The van der Waals surface area contributed by atoms with E-state index in [-0.39, 0.29) is 17.1 Å². The van der Waals surface area contributed by atoms with Crippen molar-refractivity contribution in [3.05, 3.63) is 104 Å². The quantitative estimate of drug-likeness (QED) is 0.319. The Balaban J connectivity index is 1.80. The maximum Gasteiger partial charge on any atom is 0.295 e. The smallest absolute Gasteiger partial charge is 0.295 e. The number of nitrogens with zero attached hydrogens (tertiary/aromatic N) is 1. The van der Waals surface area contributed by atoms with E-state index < -0.39 is 6.04 Å². The number of halogens is 2. The molecule has 0 saturated heterocycles. The maximum absolute atomic E-state index is 13.5. The van der Waals surface area contributed by atoms with Gasteiger partial charge in [-0.3, -0.25) is 14.5 Å². The van der Waals surface area contributed by atoms with Crippen LogP contribution in [-0.4, -0.2) is 12.2 Å². The first kappa shape index (κ1) is 20.2. The predicted octanol–water partition coefficient (Wildman–Crippen LogP) is 6.57. The molecule has 4 nitrogen and oxygen atoms in total. The van der Waals surface area contributed by atoms with Crippen LogP contribution in [-0.2, 0) is 0 Å². The molecule has 0 spiro atoms. The van der Waals surface area contributed by atoms with E-state index in [9.17, 15) is 9.59 Å². The zero-order valence-corrected chi connectivity index (χ0v) is 18.6. The van der Waals surface area contributed by atoms with Crippen LogP contribution < -0.4 is 10.3 Å². The summed E-state index contributed by atoms with van der Waals surface area (Å²) >= 11 is 14.0. The number of fused-ring (bicyclic) bond motifs is 2. The zero-order valence-electron chi connectivity index (χ0n) is 16.3. The molecule has 0 fully saturated rings. The Morgan fingerprint density at radius 1 is 0.935 bits per heavy atom. The van der Waals surface area contributed by atoms with Crippen LogP contribution in [0, 0.1) is 0 Å². The first-order chi connectivity index (χ1) is 15.0. The van der Waals surface area contributed by atoms with Crippen LogP contribution in [0.1, 0.15) is 27.7 Å². The fraction of sp³-hybridized carbons (Fsp3) is 0.0833. The molecule has 7 heteroatoms. The summed E-state index contributed by atoms with van der Waals surface area (Å²) in [4.78, 5) is 29.7. The van der Waals surface area contributed by atoms with Crippen molar-refractivity contribution in [1.29, 1.82) is 0 Å². The molecule has 3 aromatic carbocycles. The normalized spacial score (nSPS) is 15.5. The summed E-state index contributed by atoms with van der Waals surface area (Å²) in [6.07, 6.45) is 1.99. The molecule has 1 aliphatic heterocycles. The van der Waals surface area contributed by atoms with Gasteiger partial charge in [0.2, 0.25) is 5.76 Å². The summed E-state index contributed by atoms with van der Waals surface area (Å²) in [5, 5.41) is 1.27. The molecule has 1 unspecified atom stereocenters. The standard InChI is InChI=1S/C24H15Cl2NO3S/c1-31-17-8-5-13(6-9-17)21-20-22(28)18-12-15(26)7-10-19(18)30-23(20)24(29)27(21)16-4-2-3-14(25)11-16/h2-12,21H,1H3. The second kappa shape index (κ2) is 7.75. The van der Waals surface area contributed by atoms with Crippen molar-refractivity contribution in [2.75, 3.05) is 11.2 Å².